The first-order chi connectivity index (χ1) is 13.0. The molecule has 1 aliphatic heterocycles. The lowest BCUT2D eigenvalue weighted by Crippen LogP contribution is -2.49. The van der Waals surface area contributed by atoms with E-state index in [0.717, 1.165) is 56.2 Å². The molecule has 0 aliphatic carbocycles. The summed E-state index contributed by atoms with van der Waals surface area (Å²) < 4.78 is 5.39. The zero-order chi connectivity index (χ0) is 19.6. The maximum Gasteiger partial charge on any atom is 0.231 e. The summed E-state index contributed by atoms with van der Waals surface area (Å²) in [5.74, 6) is 1.51. The largest absolute Gasteiger partial charge is 0.496 e. The molecule has 150 valence electrons. The first-order valence-electron chi connectivity index (χ1n) is 9.70. The Bertz CT molecular complexity index is 639. The number of methoxy groups -OCH3 is 1. The highest BCUT2D eigenvalue weighted by molar-refractivity contribution is 5.80. The Balaban J connectivity index is 1.84. The Hall–Kier alpha value is -2.28. The van der Waals surface area contributed by atoms with E-state index in [1.807, 2.05) is 6.92 Å². The quantitative estimate of drug-likeness (QED) is 0.467. The van der Waals surface area contributed by atoms with Gasteiger partial charge in [0.25, 0.3) is 0 Å². The van der Waals surface area contributed by atoms with Crippen LogP contribution in [-0.2, 0) is 11.2 Å². The van der Waals surface area contributed by atoms with Crippen molar-refractivity contribution in [2.24, 2.45) is 10.7 Å². The van der Waals surface area contributed by atoms with Gasteiger partial charge in [0.1, 0.15) is 5.75 Å². The van der Waals surface area contributed by atoms with Gasteiger partial charge in [-0.3, -0.25) is 14.7 Å². The van der Waals surface area contributed by atoms with Crippen molar-refractivity contribution in [3.8, 4) is 5.75 Å². The number of nitrogens with zero attached hydrogens (tertiary/aromatic N) is 2. The number of rotatable bonds is 8. The minimum atomic E-state index is -0.260. The van der Waals surface area contributed by atoms with E-state index in [0.29, 0.717) is 19.1 Å². The topological polar surface area (TPSA) is 92.0 Å². The maximum absolute atomic E-state index is 11.0. The van der Waals surface area contributed by atoms with Crippen LogP contribution >= 0.6 is 0 Å². The predicted octanol–water partition coefficient (Wildman–Crippen LogP) is 1.05. The fraction of sp³-hybridized carbons (Fsp3) is 0.600. The van der Waals surface area contributed by atoms with Crippen molar-refractivity contribution in [1.82, 2.24) is 15.5 Å². The number of carbonyl (C=O) groups excluding carboxylic acids is 1. The summed E-state index contributed by atoms with van der Waals surface area (Å²) in [6, 6.07) is 6.66. The lowest BCUT2D eigenvalue weighted by Gasteiger charge is -2.32. The number of hydrogen-bond donors (Lipinski definition) is 3. The molecule has 7 nitrogen and oxygen atoms in total. The van der Waals surface area contributed by atoms with E-state index >= 15 is 0 Å². The molecule has 0 atom stereocenters. The average molecular weight is 376 g/mol. The van der Waals surface area contributed by atoms with Gasteiger partial charge in [-0.2, -0.15) is 0 Å². The number of nitrogens with two attached hydrogens (primary N) is 1. The molecule has 0 saturated carbocycles. The van der Waals surface area contributed by atoms with Gasteiger partial charge in [-0.15, -0.1) is 0 Å². The molecule has 1 heterocycles. The Morgan fingerprint density at radius 2 is 2.11 bits per heavy atom. The number of primary amides is 1. The van der Waals surface area contributed by atoms with Crippen LogP contribution in [0, 0.1) is 6.92 Å². The highest BCUT2D eigenvalue weighted by Crippen LogP contribution is 2.19. The van der Waals surface area contributed by atoms with Crippen molar-refractivity contribution in [3.63, 3.8) is 0 Å². The molecule has 0 radical (unpaired) electrons. The van der Waals surface area contributed by atoms with E-state index in [-0.39, 0.29) is 5.91 Å². The number of nitrogens with one attached hydrogen (secondary N) is 2. The molecule has 1 aromatic rings. The molecule has 1 saturated heterocycles. The second kappa shape index (κ2) is 10.8. The normalized spacial score (nSPS) is 16.2. The minimum Gasteiger partial charge on any atom is -0.496 e. The zero-order valence-electron chi connectivity index (χ0n) is 16.8. The van der Waals surface area contributed by atoms with Gasteiger partial charge in [-0.05, 0) is 50.3 Å². The molecule has 0 aromatic heterocycles. The van der Waals surface area contributed by atoms with E-state index in [1.54, 1.807) is 7.11 Å². The standard InChI is InChI=1S/C20H33N5O2/c1-4-22-20(24-17-8-11-25(12-9-17)14-19(21)26)23-10-7-16-6-5-15(2)18(13-16)27-3/h5-6,13,17H,4,7-12,14H2,1-3H3,(H2,21,26)(H2,22,23,24). The number of benzene rings is 1. The molecule has 0 bridgehead atoms. The van der Waals surface area contributed by atoms with Crippen molar-refractivity contribution >= 4 is 11.9 Å². The van der Waals surface area contributed by atoms with Crippen LogP contribution in [0.2, 0.25) is 0 Å². The molecular weight excluding hydrogens is 342 g/mol. The first-order valence-corrected chi connectivity index (χ1v) is 9.70. The van der Waals surface area contributed by atoms with Gasteiger partial charge >= 0.3 is 0 Å². The van der Waals surface area contributed by atoms with Gasteiger partial charge in [0.15, 0.2) is 5.96 Å². The Morgan fingerprint density at radius 3 is 2.74 bits per heavy atom. The fourth-order valence-electron chi connectivity index (χ4n) is 3.29. The van der Waals surface area contributed by atoms with Crippen molar-refractivity contribution in [1.29, 1.82) is 0 Å². The van der Waals surface area contributed by atoms with Crippen LogP contribution in [-0.4, -0.2) is 62.6 Å². The summed E-state index contributed by atoms with van der Waals surface area (Å²) >= 11 is 0. The maximum atomic E-state index is 11.0. The van der Waals surface area contributed by atoms with Gasteiger partial charge in [-0.25, -0.2) is 0 Å². The van der Waals surface area contributed by atoms with Crippen LogP contribution in [0.1, 0.15) is 30.9 Å². The molecule has 7 heteroatoms. The predicted molar refractivity (Wildman–Crippen MR) is 109 cm³/mol. The SMILES string of the molecule is CCNC(=NCCc1ccc(C)c(OC)c1)NC1CCN(CC(N)=O)CC1. The van der Waals surface area contributed by atoms with Crippen LogP contribution < -0.4 is 21.1 Å². The summed E-state index contributed by atoms with van der Waals surface area (Å²) in [6.07, 6.45) is 2.82. The third-order valence-corrected chi connectivity index (χ3v) is 4.79. The van der Waals surface area contributed by atoms with Gasteiger partial charge in [-0.1, -0.05) is 12.1 Å². The number of aryl methyl sites for hydroxylation is 1. The molecule has 2 rings (SSSR count). The van der Waals surface area contributed by atoms with Gasteiger partial charge in [0.05, 0.1) is 13.7 Å². The van der Waals surface area contributed by atoms with Gasteiger partial charge in [0, 0.05) is 32.2 Å². The molecule has 1 amide bonds. The van der Waals surface area contributed by atoms with E-state index in [1.165, 1.54) is 5.56 Å². The monoisotopic (exact) mass is 375 g/mol. The highest BCUT2D eigenvalue weighted by atomic mass is 16.5. The van der Waals surface area contributed by atoms with E-state index < -0.39 is 0 Å². The Kier molecular flexibility index (Phi) is 8.39. The summed E-state index contributed by atoms with van der Waals surface area (Å²) in [5.41, 5.74) is 7.63. The first kappa shape index (κ1) is 21.0. The summed E-state index contributed by atoms with van der Waals surface area (Å²) in [4.78, 5) is 17.9. The van der Waals surface area contributed by atoms with Gasteiger partial charge < -0.3 is 21.1 Å². The van der Waals surface area contributed by atoms with Crippen LogP contribution in [0.4, 0.5) is 0 Å². The molecule has 1 fully saturated rings. The highest BCUT2D eigenvalue weighted by Gasteiger charge is 2.20. The van der Waals surface area contributed by atoms with Crippen molar-refractivity contribution < 1.29 is 9.53 Å². The molecule has 1 aliphatic rings. The third-order valence-electron chi connectivity index (χ3n) is 4.79. The second-order valence-corrected chi connectivity index (χ2v) is 6.98. The molecule has 0 unspecified atom stereocenters. The van der Waals surface area contributed by atoms with E-state index in [9.17, 15) is 4.79 Å². The smallest absolute Gasteiger partial charge is 0.231 e. The molecule has 27 heavy (non-hydrogen) atoms. The Labute approximate surface area is 162 Å². The summed E-state index contributed by atoms with van der Waals surface area (Å²) in [7, 11) is 1.70. The van der Waals surface area contributed by atoms with Crippen molar-refractivity contribution in [2.75, 3.05) is 39.8 Å². The van der Waals surface area contributed by atoms with Crippen LogP contribution in [0.3, 0.4) is 0 Å². The number of ether oxygens (including phenoxy) is 1. The second-order valence-electron chi connectivity index (χ2n) is 6.98. The summed E-state index contributed by atoms with van der Waals surface area (Å²) in [5, 5.41) is 6.84. The molecule has 0 spiro atoms. The van der Waals surface area contributed by atoms with Crippen molar-refractivity contribution in [2.45, 2.75) is 39.2 Å². The zero-order valence-corrected chi connectivity index (χ0v) is 16.8. The lowest BCUT2D eigenvalue weighted by atomic mass is 10.1. The average Bonchev–Trinajstić information content (AvgIpc) is 2.64. The lowest BCUT2D eigenvalue weighted by molar-refractivity contribution is -0.119. The summed E-state index contributed by atoms with van der Waals surface area (Å²) in [6.45, 7) is 7.75. The number of guanidine groups is 1. The number of hydrogen-bond acceptors (Lipinski definition) is 4. The van der Waals surface area contributed by atoms with Crippen molar-refractivity contribution in [3.05, 3.63) is 29.3 Å². The third kappa shape index (κ3) is 7.09. The minimum absolute atomic E-state index is 0.260. The number of piperidine rings is 1. The van der Waals surface area contributed by atoms with Crippen LogP contribution in [0.5, 0.6) is 5.75 Å². The molecule has 4 N–H and O–H groups in total. The molecule has 1 aromatic carbocycles. The van der Waals surface area contributed by atoms with E-state index in [2.05, 4.69) is 40.7 Å². The van der Waals surface area contributed by atoms with Crippen LogP contribution in [0.15, 0.2) is 23.2 Å². The number of carbonyl (C=O) groups is 1. The molecular formula is C20H33N5O2. The number of amides is 1. The Morgan fingerprint density at radius 1 is 1.37 bits per heavy atom. The number of aliphatic imine (C=N–C) groups is 1. The van der Waals surface area contributed by atoms with Gasteiger partial charge in [0.2, 0.25) is 5.91 Å². The fourth-order valence-corrected chi connectivity index (χ4v) is 3.29. The number of likely N-dealkylation sites (tertiary alicyclic amines) is 1. The van der Waals surface area contributed by atoms with E-state index in [4.69, 9.17) is 15.5 Å². The van der Waals surface area contributed by atoms with Crippen LogP contribution in [0.25, 0.3) is 0 Å².